The third-order valence-electron chi connectivity index (χ3n) is 2.65. The average molecular weight is 355 g/mol. The van der Waals surface area contributed by atoms with E-state index < -0.39 is 11.7 Å². The normalized spacial score (nSPS) is 10.2. The van der Waals surface area contributed by atoms with Crippen molar-refractivity contribution in [1.29, 1.82) is 0 Å². The fraction of sp³-hybridized carbons (Fsp3) is 0.154. The number of nitrogens with one attached hydrogen (secondary N) is 2. The fourth-order valence-electron chi connectivity index (χ4n) is 1.61. The quantitative estimate of drug-likeness (QED) is 0.878. The van der Waals surface area contributed by atoms with Crippen LogP contribution in [0, 0.1) is 5.82 Å². The molecule has 21 heavy (non-hydrogen) atoms. The summed E-state index contributed by atoms with van der Waals surface area (Å²) in [5.41, 5.74) is 0.298. The fourth-order valence-corrected chi connectivity index (χ4v) is 1.97. The summed E-state index contributed by atoms with van der Waals surface area (Å²) in [5.74, 6) is -1.42. The van der Waals surface area contributed by atoms with E-state index in [2.05, 4.69) is 31.7 Å². The Balaban J connectivity index is 2.09. The van der Waals surface area contributed by atoms with Crippen LogP contribution in [0.1, 0.15) is 10.4 Å². The van der Waals surface area contributed by atoms with Gasteiger partial charge in [0, 0.05) is 17.7 Å². The first kappa shape index (κ1) is 15.2. The lowest BCUT2D eigenvalue weighted by Gasteiger charge is -2.04. The zero-order valence-electron chi connectivity index (χ0n) is 11.1. The number of aromatic nitrogens is 2. The summed E-state index contributed by atoms with van der Waals surface area (Å²) in [5, 5.41) is 8.91. The van der Waals surface area contributed by atoms with Crippen LogP contribution in [0.4, 0.5) is 10.1 Å². The van der Waals surface area contributed by atoms with Crippen LogP contribution in [0.25, 0.3) is 0 Å². The number of likely N-dealkylation sites (N-methyl/N-ethyl adjacent to an activating group) is 1. The number of halogens is 2. The first-order chi connectivity index (χ1) is 9.99. The Kier molecular flexibility index (Phi) is 4.69. The highest BCUT2D eigenvalue weighted by molar-refractivity contribution is 9.10. The number of nitrogens with zero attached hydrogens (tertiary/aromatic N) is 2. The molecule has 6 nitrogen and oxygen atoms in total. The SMILES string of the molecule is CNC(=O)Cn1cc(NC(=O)c2cc(Br)ccc2F)cn1. The minimum absolute atomic E-state index is 0.0393. The predicted octanol–water partition coefficient (Wildman–Crippen LogP) is 1.78. The molecule has 0 bridgehead atoms. The number of amides is 2. The third kappa shape index (κ3) is 3.88. The largest absolute Gasteiger partial charge is 0.358 e. The molecular weight excluding hydrogens is 343 g/mol. The summed E-state index contributed by atoms with van der Waals surface area (Å²) >= 11 is 3.18. The second-order valence-corrected chi connectivity index (χ2v) is 5.09. The number of benzene rings is 1. The van der Waals surface area contributed by atoms with Gasteiger partial charge in [-0.1, -0.05) is 15.9 Å². The van der Waals surface area contributed by atoms with Gasteiger partial charge < -0.3 is 10.6 Å². The molecule has 8 heteroatoms. The van der Waals surface area contributed by atoms with Crippen molar-refractivity contribution in [3.05, 3.63) is 46.4 Å². The van der Waals surface area contributed by atoms with Crippen LogP contribution in [0.2, 0.25) is 0 Å². The van der Waals surface area contributed by atoms with Crippen molar-refractivity contribution in [1.82, 2.24) is 15.1 Å². The number of anilines is 1. The van der Waals surface area contributed by atoms with Crippen LogP contribution in [-0.2, 0) is 11.3 Å². The van der Waals surface area contributed by atoms with Gasteiger partial charge in [-0.05, 0) is 18.2 Å². The predicted molar refractivity (Wildman–Crippen MR) is 78.3 cm³/mol. The van der Waals surface area contributed by atoms with Crippen LogP contribution >= 0.6 is 15.9 Å². The average Bonchev–Trinajstić information content (AvgIpc) is 2.88. The first-order valence-corrected chi connectivity index (χ1v) is 6.78. The molecule has 0 unspecified atom stereocenters. The summed E-state index contributed by atoms with van der Waals surface area (Å²) in [6.45, 7) is 0.0393. The van der Waals surface area contributed by atoms with Crippen LogP contribution < -0.4 is 10.6 Å². The van der Waals surface area contributed by atoms with E-state index in [1.165, 1.54) is 42.3 Å². The molecule has 0 aliphatic rings. The van der Waals surface area contributed by atoms with Gasteiger partial charge in [-0.3, -0.25) is 14.3 Å². The van der Waals surface area contributed by atoms with Crippen LogP contribution in [0.15, 0.2) is 35.1 Å². The van der Waals surface area contributed by atoms with Gasteiger partial charge in [0.05, 0.1) is 17.4 Å². The van der Waals surface area contributed by atoms with Crippen molar-refractivity contribution in [2.24, 2.45) is 0 Å². The van der Waals surface area contributed by atoms with Gasteiger partial charge in [0.2, 0.25) is 5.91 Å². The lowest BCUT2D eigenvalue weighted by atomic mass is 10.2. The molecule has 0 aliphatic heterocycles. The maximum atomic E-state index is 13.6. The van der Waals surface area contributed by atoms with E-state index in [0.717, 1.165) is 0 Å². The molecule has 0 saturated heterocycles. The maximum Gasteiger partial charge on any atom is 0.258 e. The molecule has 2 rings (SSSR count). The molecule has 0 atom stereocenters. The maximum absolute atomic E-state index is 13.6. The monoisotopic (exact) mass is 354 g/mol. The molecule has 2 aromatic rings. The Labute approximate surface area is 128 Å². The minimum Gasteiger partial charge on any atom is -0.358 e. The number of rotatable bonds is 4. The van der Waals surface area contributed by atoms with Crippen LogP contribution in [0.5, 0.6) is 0 Å². The molecule has 0 fully saturated rings. The van der Waals surface area contributed by atoms with Crippen molar-refractivity contribution in [3.8, 4) is 0 Å². The van der Waals surface area contributed by atoms with Crippen molar-refractivity contribution >= 4 is 33.4 Å². The van der Waals surface area contributed by atoms with E-state index >= 15 is 0 Å². The Hall–Kier alpha value is -2.22. The van der Waals surface area contributed by atoms with E-state index in [1.54, 1.807) is 0 Å². The van der Waals surface area contributed by atoms with Gasteiger partial charge in [0.15, 0.2) is 0 Å². The highest BCUT2D eigenvalue weighted by Gasteiger charge is 2.13. The lowest BCUT2D eigenvalue weighted by Crippen LogP contribution is -2.23. The molecule has 1 heterocycles. The number of hydrogen-bond donors (Lipinski definition) is 2. The smallest absolute Gasteiger partial charge is 0.258 e. The van der Waals surface area contributed by atoms with Gasteiger partial charge in [-0.15, -0.1) is 0 Å². The lowest BCUT2D eigenvalue weighted by molar-refractivity contribution is -0.121. The molecule has 2 N–H and O–H groups in total. The Bertz CT molecular complexity index is 687. The molecular formula is C13H12BrFN4O2. The van der Waals surface area contributed by atoms with E-state index in [-0.39, 0.29) is 18.0 Å². The molecule has 2 amide bonds. The molecule has 0 aliphatic carbocycles. The zero-order valence-corrected chi connectivity index (χ0v) is 12.6. The topological polar surface area (TPSA) is 76.0 Å². The summed E-state index contributed by atoms with van der Waals surface area (Å²) in [6, 6.07) is 4.10. The molecule has 1 aromatic heterocycles. The number of carbonyl (C=O) groups excluding carboxylic acids is 2. The third-order valence-corrected chi connectivity index (χ3v) is 3.14. The van der Waals surface area contributed by atoms with Crippen LogP contribution in [-0.4, -0.2) is 28.6 Å². The second-order valence-electron chi connectivity index (χ2n) is 4.18. The summed E-state index contributed by atoms with van der Waals surface area (Å²) in [7, 11) is 1.52. The summed E-state index contributed by atoms with van der Waals surface area (Å²) in [4.78, 5) is 23.2. The van der Waals surface area contributed by atoms with Gasteiger partial charge in [-0.25, -0.2) is 4.39 Å². The van der Waals surface area contributed by atoms with Gasteiger partial charge >= 0.3 is 0 Å². The van der Waals surface area contributed by atoms with Gasteiger partial charge in [0.25, 0.3) is 5.91 Å². The summed E-state index contributed by atoms with van der Waals surface area (Å²) < 4.78 is 15.6. The zero-order chi connectivity index (χ0) is 15.4. The minimum atomic E-state index is -0.617. The van der Waals surface area contributed by atoms with E-state index in [0.29, 0.717) is 10.2 Å². The van der Waals surface area contributed by atoms with E-state index in [9.17, 15) is 14.0 Å². The van der Waals surface area contributed by atoms with Crippen molar-refractivity contribution in [3.63, 3.8) is 0 Å². The Morgan fingerprint density at radius 1 is 1.43 bits per heavy atom. The Morgan fingerprint density at radius 2 is 2.19 bits per heavy atom. The van der Waals surface area contributed by atoms with E-state index in [4.69, 9.17) is 0 Å². The molecule has 0 radical (unpaired) electrons. The summed E-state index contributed by atoms with van der Waals surface area (Å²) in [6.07, 6.45) is 2.87. The first-order valence-electron chi connectivity index (χ1n) is 5.99. The number of hydrogen-bond acceptors (Lipinski definition) is 3. The standard InChI is InChI=1S/C13H12BrFN4O2/c1-16-12(20)7-19-6-9(5-17-19)18-13(21)10-4-8(14)2-3-11(10)15/h2-6H,7H2,1H3,(H,16,20)(H,18,21). The molecule has 110 valence electrons. The molecule has 0 spiro atoms. The van der Waals surface area contributed by atoms with Crippen molar-refractivity contribution < 1.29 is 14.0 Å². The van der Waals surface area contributed by atoms with Gasteiger partial charge in [-0.2, -0.15) is 5.10 Å². The second kappa shape index (κ2) is 6.49. The van der Waals surface area contributed by atoms with Gasteiger partial charge in [0.1, 0.15) is 12.4 Å². The van der Waals surface area contributed by atoms with Crippen molar-refractivity contribution in [2.45, 2.75) is 6.54 Å². The Morgan fingerprint density at radius 3 is 2.90 bits per heavy atom. The highest BCUT2D eigenvalue weighted by atomic mass is 79.9. The highest BCUT2D eigenvalue weighted by Crippen LogP contribution is 2.17. The number of carbonyl (C=O) groups is 2. The van der Waals surface area contributed by atoms with Crippen molar-refractivity contribution in [2.75, 3.05) is 12.4 Å². The van der Waals surface area contributed by atoms with Crippen LogP contribution in [0.3, 0.4) is 0 Å². The molecule has 0 saturated carbocycles. The van der Waals surface area contributed by atoms with E-state index in [1.807, 2.05) is 0 Å². The molecule has 1 aromatic carbocycles.